The molecular weight excluding hydrogens is 414 g/mol. The van der Waals surface area contributed by atoms with Crippen LogP contribution in [0.1, 0.15) is 23.9 Å². The van der Waals surface area contributed by atoms with E-state index in [1.54, 1.807) is 51.3 Å². The van der Waals surface area contributed by atoms with Crippen LogP contribution in [-0.4, -0.2) is 49.2 Å². The van der Waals surface area contributed by atoms with Gasteiger partial charge < -0.3 is 24.5 Å². The van der Waals surface area contributed by atoms with E-state index in [9.17, 15) is 4.79 Å². The molecular formula is C23H27N3O4S. The van der Waals surface area contributed by atoms with Crippen LogP contribution in [0.15, 0.2) is 42.5 Å². The number of rotatable bonds is 10. The molecule has 0 radical (unpaired) electrons. The normalized spacial score (nSPS) is 12.1. The molecule has 0 aliphatic heterocycles. The molecule has 1 aromatic heterocycles. The Kier molecular flexibility index (Phi) is 7.83. The first kappa shape index (κ1) is 22.6. The molecule has 8 heteroatoms. The fourth-order valence-corrected chi connectivity index (χ4v) is 3.69. The molecule has 1 amide bonds. The van der Waals surface area contributed by atoms with Crippen LogP contribution in [0.25, 0.3) is 17.1 Å². The smallest absolute Gasteiger partial charge is 0.244 e. The van der Waals surface area contributed by atoms with E-state index in [4.69, 9.17) is 14.2 Å². The van der Waals surface area contributed by atoms with Gasteiger partial charge in [0, 0.05) is 17.7 Å². The molecule has 31 heavy (non-hydrogen) atoms. The number of amides is 1. The number of para-hydroxylation sites is 2. The molecule has 0 bridgehead atoms. The lowest BCUT2D eigenvalue weighted by molar-refractivity contribution is -0.117. The first-order valence-corrected chi connectivity index (χ1v) is 11.2. The van der Waals surface area contributed by atoms with Crippen molar-refractivity contribution in [1.82, 2.24) is 15.3 Å². The number of hydrogen-bond donors (Lipinski definition) is 2. The minimum Gasteiger partial charge on any atom is -0.496 e. The largest absolute Gasteiger partial charge is 0.496 e. The number of aromatic nitrogens is 2. The number of imidazole rings is 1. The van der Waals surface area contributed by atoms with Gasteiger partial charge in [0.2, 0.25) is 5.91 Å². The van der Waals surface area contributed by atoms with Crippen molar-refractivity contribution in [3.05, 3.63) is 53.9 Å². The number of H-pyrrole nitrogens is 1. The summed E-state index contributed by atoms with van der Waals surface area (Å²) < 4.78 is 16.1. The van der Waals surface area contributed by atoms with Crippen LogP contribution in [0.2, 0.25) is 0 Å². The van der Waals surface area contributed by atoms with Crippen molar-refractivity contribution in [2.75, 3.05) is 33.3 Å². The Labute approximate surface area is 186 Å². The zero-order chi connectivity index (χ0) is 22.2. The van der Waals surface area contributed by atoms with Gasteiger partial charge in [0.05, 0.1) is 38.4 Å². The second-order valence-electron chi connectivity index (χ2n) is 6.76. The Balaban J connectivity index is 1.80. The third-order valence-electron chi connectivity index (χ3n) is 4.82. The van der Waals surface area contributed by atoms with Crippen molar-refractivity contribution in [2.45, 2.75) is 12.5 Å². The first-order chi connectivity index (χ1) is 15.1. The van der Waals surface area contributed by atoms with Gasteiger partial charge in [0.25, 0.3) is 0 Å². The number of carbonyl (C=O) groups excluding carboxylic acids is 1. The molecule has 0 spiro atoms. The molecule has 2 aromatic carbocycles. The summed E-state index contributed by atoms with van der Waals surface area (Å²) in [6.07, 6.45) is 5.99. The second-order valence-corrected chi connectivity index (χ2v) is 7.75. The predicted molar refractivity (Wildman–Crippen MR) is 125 cm³/mol. The molecule has 0 saturated heterocycles. The Morgan fingerprint density at radius 1 is 1.13 bits per heavy atom. The molecule has 0 aliphatic rings. The monoisotopic (exact) mass is 441 g/mol. The highest BCUT2D eigenvalue weighted by Crippen LogP contribution is 2.35. The topological polar surface area (TPSA) is 85.5 Å². The molecule has 1 unspecified atom stereocenters. The summed E-state index contributed by atoms with van der Waals surface area (Å²) >= 11 is 1.73. The predicted octanol–water partition coefficient (Wildman–Crippen LogP) is 4.21. The van der Waals surface area contributed by atoms with Crippen LogP contribution in [-0.2, 0) is 4.79 Å². The third kappa shape index (κ3) is 5.52. The highest BCUT2D eigenvalue weighted by Gasteiger charge is 2.17. The molecule has 164 valence electrons. The first-order valence-electron chi connectivity index (χ1n) is 9.81. The van der Waals surface area contributed by atoms with E-state index in [0.717, 1.165) is 29.0 Å². The summed E-state index contributed by atoms with van der Waals surface area (Å²) in [6.45, 7) is 0. The van der Waals surface area contributed by atoms with E-state index in [2.05, 4.69) is 15.3 Å². The van der Waals surface area contributed by atoms with Crippen molar-refractivity contribution < 1.29 is 19.0 Å². The molecule has 0 aliphatic carbocycles. The van der Waals surface area contributed by atoms with Crippen molar-refractivity contribution in [1.29, 1.82) is 0 Å². The quantitative estimate of drug-likeness (QED) is 0.459. The fourth-order valence-electron chi connectivity index (χ4n) is 3.22. The van der Waals surface area contributed by atoms with Crippen LogP contribution in [0.4, 0.5) is 0 Å². The van der Waals surface area contributed by atoms with Crippen LogP contribution in [0.3, 0.4) is 0 Å². The lowest BCUT2D eigenvalue weighted by Gasteiger charge is -2.15. The third-order valence-corrected chi connectivity index (χ3v) is 5.46. The number of nitrogens with one attached hydrogen (secondary N) is 2. The van der Waals surface area contributed by atoms with Crippen molar-refractivity contribution in [3.8, 4) is 17.2 Å². The van der Waals surface area contributed by atoms with Crippen LogP contribution >= 0.6 is 11.8 Å². The van der Waals surface area contributed by atoms with E-state index in [0.29, 0.717) is 22.8 Å². The summed E-state index contributed by atoms with van der Waals surface area (Å²) in [5, 5.41) is 3.06. The average Bonchev–Trinajstić information content (AvgIpc) is 3.23. The summed E-state index contributed by atoms with van der Waals surface area (Å²) in [4.78, 5) is 20.7. The summed E-state index contributed by atoms with van der Waals surface area (Å²) in [6, 6.07) is 11.1. The zero-order valence-electron chi connectivity index (χ0n) is 18.1. The van der Waals surface area contributed by atoms with Crippen molar-refractivity contribution >= 4 is 34.8 Å². The molecule has 0 fully saturated rings. The van der Waals surface area contributed by atoms with E-state index < -0.39 is 0 Å². The summed E-state index contributed by atoms with van der Waals surface area (Å²) in [5.41, 5.74) is 2.54. The Bertz CT molecular complexity index is 1030. The highest BCUT2D eigenvalue weighted by atomic mass is 32.2. The SMILES string of the molecule is COc1cc(OC)c(OC)cc1/C=C/C(=O)NC(CCSC)c1nc2ccccc2[nH]1. The molecule has 3 aromatic rings. The van der Waals surface area contributed by atoms with Crippen LogP contribution in [0, 0.1) is 0 Å². The average molecular weight is 442 g/mol. The van der Waals surface area contributed by atoms with Gasteiger partial charge in [0.1, 0.15) is 11.6 Å². The molecule has 3 rings (SSSR count). The lowest BCUT2D eigenvalue weighted by atomic mass is 10.1. The van der Waals surface area contributed by atoms with Crippen LogP contribution < -0.4 is 19.5 Å². The second kappa shape index (κ2) is 10.8. The maximum Gasteiger partial charge on any atom is 0.244 e. The van der Waals surface area contributed by atoms with E-state index in [1.165, 1.54) is 6.08 Å². The van der Waals surface area contributed by atoms with E-state index >= 15 is 0 Å². The Morgan fingerprint density at radius 2 is 1.84 bits per heavy atom. The van der Waals surface area contributed by atoms with Gasteiger partial charge in [-0.05, 0) is 42.7 Å². The summed E-state index contributed by atoms with van der Waals surface area (Å²) in [7, 11) is 4.69. The minimum atomic E-state index is -0.219. The maximum atomic E-state index is 12.7. The van der Waals surface area contributed by atoms with Gasteiger partial charge in [-0.2, -0.15) is 11.8 Å². The number of benzene rings is 2. The van der Waals surface area contributed by atoms with Crippen molar-refractivity contribution in [3.63, 3.8) is 0 Å². The Hall–Kier alpha value is -3.13. The Morgan fingerprint density at radius 3 is 2.52 bits per heavy atom. The lowest BCUT2D eigenvalue weighted by Crippen LogP contribution is -2.28. The van der Waals surface area contributed by atoms with Crippen molar-refractivity contribution in [2.24, 2.45) is 0 Å². The minimum absolute atomic E-state index is 0.218. The molecule has 1 atom stereocenters. The number of hydrogen-bond acceptors (Lipinski definition) is 6. The van der Waals surface area contributed by atoms with Gasteiger partial charge in [0.15, 0.2) is 11.5 Å². The maximum absolute atomic E-state index is 12.7. The van der Waals surface area contributed by atoms with Gasteiger partial charge in [-0.15, -0.1) is 0 Å². The number of carbonyl (C=O) groups is 1. The number of nitrogens with zero attached hydrogens (tertiary/aromatic N) is 1. The van der Waals surface area contributed by atoms with E-state index in [-0.39, 0.29) is 11.9 Å². The summed E-state index contributed by atoms with van der Waals surface area (Å²) in [5.74, 6) is 3.13. The number of thioether (sulfide) groups is 1. The standard InChI is InChI=1S/C23H27N3O4S/c1-28-19-14-21(30-3)20(29-2)13-15(19)9-10-22(27)24-18(11-12-31-4)23-25-16-7-5-6-8-17(16)26-23/h5-10,13-14,18H,11-12H2,1-4H3,(H,24,27)(H,25,26)/b10-9+. The zero-order valence-corrected chi connectivity index (χ0v) is 18.9. The van der Waals surface area contributed by atoms with Gasteiger partial charge in [-0.25, -0.2) is 4.98 Å². The number of aromatic amines is 1. The molecule has 0 saturated carbocycles. The number of methoxy groups -OCH3 is 3. The molecule has 1 heterocycles. The molecule has 7 nitrogen and oxygen atoms in total. The molecule has 2 N–H and O–H groups in total. The van der Waals surface area contributed by atoms with E-state index in [1.807, 2.05) is 30.5 Å². The van der Waals surface area contributed by atoms with Gasteiger partial charge in [-0.1, -0.05) is 12.1 Å². The fraction of sp³-hybridized carbons (Fsp3) is 0.304. The number of fused-ring (bicyclic) bond motifs is 1. The highest BCUT2D eigenvalue weighted by molar-refractivity contribution is 7.98. The van der Waals surface area contributed by atoms with Gasteiger partial charge in [-0.3, -0.25) is 4.79 Å². The van der Waals surface area contributed by atoms with Crippen LogP contribution in [0.5, 0.6) is 17.2 Å². The number of ether oxygens (including phenoxy) is 3. The van der Waals surface area contributed by atoms with Gasteiger partial charge >= 0.3 is 0 Å².